The van der Waals surface area contributed by atoms with Gasteiger partial charge in [0, 0.05) is 19.1 Å². The van der Waals surface area contributed by atoms with Crippen LogP contribution in [-0.4, -0.2) is 57.2 Å². The topological polar surface area (TPSA) is 181 Å². The molecule has 0 aromatic heterocycles. The molecule has 33 heavy (non-hydrogen) atoms. The number of nitrogens with one attached hydrogen (secondary N) is 3. The van der Waals surface area contributed by atoms with Crippen LogP contribution in [0.3, 0.4) is 0 Å². The van der Waals surface area contributed by atoms with Crippen LogP contribution in [-0.2, 0) is 24.3 Å². The van der Waals surface area contributed by atoms with E-state index in [2.05, 4.69) is 5.32 Å². The summed E-state index contributed by atoms with van der Waals surface area (Å²) in [5.74, 6) is -1.63. The SMILES string of the molecule is CO[C@](CNC(=O)CCCOc1ccc(C(=N)N)cc1)(NS(=O)(=O)c1ccccc1)C(=O)O. The lowest BCUT2D eigenvalue weighted by Crippen LogP contribution is -2.61. The van der Waals surface area contributed by atoms with Gasteiger partial charge in [0.2, 0.25) is 21.7 Å². The number of carboxylic acid groups (broad SMARTS) is 1. The molecule has 0 saturated carbocycles. The smallest absolute Gasteiger partial charge is 0.354 e. The number of amidine groups is 1. The highest BCUT2D eigenvalue weighted by Gasteiger charge is 2.43. The fourth-order valence-corrected chi connectivity index (χ4v) is 4.01. The standard InChI is InChI=1S/C21H26N4O7S/c1-31-21(20(27)28,25-33(29,30)17-6-3-2-4-7-17)14-24-18(26)8-5-13-32-16-11-9-15(10-12-16)19(22)23/h2-4,6-7,9-12,25H,5,8,13-14H2,1H3,(H3,22,23)(H,24,26)(H,27,28)/t21-/m0/s1. The summed E-state index contributed by atoms with van der Waals surface area (Å²) in [6.07, 6.45) is 0.333. The van der Waals surface area contributed by atoms with Crippen LogP contribution < -0.4 is 20.5 Å². The van der Waals surface area contributed by atoms with E-state index in [9.17, 15) is 23.1 Å². The molecule has 178 valence electrons. The van der Waals surface area contributed by atoms with Crippen molar-refractivity contribution in [1.29, 1.82) is 5.41 Å². The Kier molecular flexibility index (Phi) is 8.91. The first-order chi connectivity index (χ1) is 15.6. The number of rotatable bonds is 13. The van der Waals surface area contributed by atoms with Gasteiger partial charge in [-0.15, -0.1) is 0 Å². The van der Waals surface area contributed by atoms with Crippen molar-refractivity contribution in [2.24, 2.45) is 5.73 Å². The van der Waals surface area contributed by atoms with Crippen LogP contribution in [0.4, 0.5) is 0 Å². The van der Waals surface area contributed by atoms with E-state index >= 15 is 0 Å². The summed E-state index contributed by atoms with van der Waals surface area (Å²) in [7, 11) is -3.20. The van der Waals surface area contributed by atoms with Crippen LogP contribution in [0.2, 0.25) is 0 Å². The zero-order valence-electron chi connectivity index (χ0n) is 17.9. The number of hydrogen-bond donors (Lipinski definition) is 5. The van der Waals surface area contributed by atoms with E-state index in [-0.39, 0.29) is 23.8 Å². The molecule has 1 atom stereocenters. The second-order valence-corrected chi connectivity index (χ2v) is 8.60. The third-order valence-electron chi connectivity index (χ3n) is 4.56. The number of carbonyl (C=O) groups is 2. The van der Waals surface area contributed by atoms with E-state index in [4.69, 9.17) is 20.6 Å². The highest BCUT2D eigenvalue weighted by atomic mass is 32.2. The number of nitrogens with two attached hydrogens (primary N) is 1. The van der Waals surface area contributed by atoms with Crippen molar-refractivity contribution >= 4 is 27.7 Å². The molecule has 0 bridgehead atoms. The van der Waals surface area contributed by atoms with Gasteiger partial charge in [-0.25, -0.2) is 13.2 Å². The normalized spacial score (nSPS) is 13.0. The van der Waals surface area contributed by atoms with Crippen LogP contribution in [0.5, 0.6) is 5.75 Å². The largest absolute Gasteiger partial charge is 0.494 e. The molecule has 0 aliphatic heterocycles. The van der Waals surface area contributed by atoms with Crippen molar-refractivity contribution in [3.8, 4) is 5.75 Å². The minimum atomic E-state index is -4.23. The summed E-state index contributed by atoms with van der Waals surface area (Å²) in [4.78, 5) is 23.8. The average molecular weight is 479 g/mol. The number of aliphatic carboxylic acids is 1. The van der Waals surface area contributed by atoms with E-state index < -0.39 is 34.2 Å². The summed E-state index contributed by atoms with van der Waals surface area (Å²) >= 11 is 0. The molecule has 0 saturated heterocycles. The minimum Gasteiger partial charge on any atom is -0.494 e. The number of amides is 1. The molecule has 6 N–H and O–H groups in total. The summed E-state index contributed by atoms with van der Waals surface area (Å²) < 4.78 is 37.6. The second-order valence-electron chi connectivity index (χ2n) is 6.92. The second kappa shape index (κ2) is 11.4. The van der Waals surface area contributed by atoms with Crippen LogP contribution in [0.1, 0.15) is 18.4 Å². The van der Waals surface area contributed by atoms with Crippen molar-refractivity contribution in [3.05, 3.63) is 60.2 Å². The Hall–Kier alpha value is -3.48. The lowest BCUT2D eigenvalue weighted by molar-refractivity contribution is -0.163. The van der Waals surface area contributed by atoms with Crippen molar-refractivity contribution in [2.45, 2.75) is 23.5 Å². The van der Waals surface area contributed by atoms with Crippen molar-refractivity contribution in [1.82, 2.24) is 10.0 Å². The molecule has 11 nitrogen and oxygen atoms in total. The molecule has 2 aromatic carbocycles. The van der Waals surface area contributed by atoms with Gasteiger partial charge in [0.25, 0.3) is 0 Å². The maximum Gasteiger partial charge on any atom is 0.354 e. The zero-order chi connectivity index (χ0) is 24.5. The van der Waals surface area contributed by atoms with E-state index in [1.807, 2.05) is 4.72 Å². The number of methoxy groups -OCH3 is 1. The quantitative estimate of drug-likeness (QED) is 0.120. The average Bonchev–Trinajstić information content (AvgIpc) is 2.80. The molecule has 0 aliphatic carbocycles. The number of hydrogen-bond acceptors (Lipinski definition) is 7. The monoisotopic (exact) mass is 478 g/mol. The predicted molar refractivity (Wildman–Crippen MR) is 119 cm³/mol. The maximum atomic E-state index is 12.6. The van der Waals surface area contributed by atoms with Gasteiger partial charge in [0.15, 0.2) is 0 Å². The van der Waals surface area contributed by atoms with Gasteiger partial charge in [-0.1, -0.05) is 18.2 Å². The molecule has 0 fully saturated rings. The Bertz CT molecular complexity index is 1080. The van der Waals surface area contributed by atoms with Crippen molar-refractivity contribution in [2.75, 3.05) is 20.3 Å². The maximum absolute atomic E-state index is 12.6. The molecule has 1 amide bonds. The van der Waals surface area contributed by atoms with Gasteiger partial charge >= 0.3 is 5.97 Å². The lowest BCUT2D eigenvalue weighted by atomic mass is 10.2. The third-order valence-corrected chi connectivity index (χ3v) is 6.05. The zero-order valence-corrected chi connectivity index (χ0v) is 18.7. The van der Waals surface area contributed by atoms with Crippen molar-refractivity contribution in [3.63, 3.8) is 0 Å². The van der Waals surface area contributed by atoms with Gasteiger partial charge in [-0.2, -0.15) is 4.72 Å². The predicted octanol–water partition coefficient (Wildman–Crippen LogP) is 0.652. The van der Waals surface area contributed by atoms with Crippen LogP contribution >= 0.6 is 0 Å². The molecule has 0 heterocycles. The van der Waals surface area contributed by atoms with Gasteiger partial charge in [0.05, 0.1) is 18.0 Å². The number of nitrogen functional groups attached to an aromatic ring is 1. The van der Waals surface area contributed by atoms with Gasteiger partial charge < -0.3 is 25.6 Å². The molecule has 0 aliphatic rings. The minimum absolute atomic E-state index is 0.0103. The first-order valence-electron chi connectivity index (χ1n) is 9.81. The van der Waals surface area contributed by atoms with Gasteiger partial charge in [0.1, 0.15) is 11.6 Å². The van der Waals surface area contributed by atoms with E-state index in [0.717, 1.165) is 7.11 Å². The Labute approximate surface area is 191 Å². The summed E-state index contributed by atoms with van der Waals surface area (Å²) in [6, 6.07) is 13.8. The molecular formula is C21H26N4O7S. The van der Waals surface area contributed by atoms with Gasteiger partial charge in [-0.3, -0.25) is 10.2 Å². The van der Waals surface area contributed by atoms with Crippen molar-refractivity contribution < 1.29 is 32.6 Å². The van der Waals surface area contributed by atoms with Gasteiger partial charge in [-0.05, 0) is 42.8 Å². The van der Waals surface area contributed by atoms with E-state index in [1.165, 1.54) is 24.3 Å². The molecule has 0 spiro atoms. The molecule has 2 aromatic rings. The highest BCUT2D eigenvalue weighted by Crippen LogP contribution is 2.15. The number of carboxylic acids is 1. The lowest BCUT2D eigenvalue weighted by Gasteiger charge is -2.28. The molecule has 0 unspecified atom stereocenters. The molecular weight excluding hydrogens is 452 g/mol. The summed E-state index contributed by atoms with van der Waals surface area (Å²) in [5, 5.41) is 19.3. The Morgan fingerprint density at radius 1 is 1.12 bits per heavy atom. The fraction of sp³-hybridized carbons (Fsp3) is 0.286. The van der Waals surface area contributed by atoms with E-state index in [1.54, 1.807) is 30.3 Å². The fourth-order valence-electron chi connectivity index (χ4n) is 2.70. The molecule has 2 rings (SSSR count). The molecule has 12 heteroatoms. The number of benzene rings is 2. The third kappa shape index (κ3) is 7.27. The summed E-state index contributed by atoms with van der Waals surface area (Å²) in [5.41, 5.74) is 3.55. The first kappa shape index (κ1) is 25.8. The Morgan fingerprint density at radius 3 is 2.30 bits per heavy atom. The highest BCUT2D eigenvalue weighted by molar-refractivity contribution is 7.89. The number of sulfonamides is 1. The number of ether oxygens (including phenoxy) is 2. The Morgan fingerprint density at radius 2 is 1.76 bits per heavy atom. The number of carbonyl (C=O) groups excluding carboxylic acids is 1. The van der Waals surface area contributed by atoms with Crippen LogP contribution in [0.25, 0.3) is 0 Å². The van der Waals surface area contributed by atoms with Crippen LogP contribution in [0, 0.1) is 5.41 Å². The Balaban J connectivity index is 1.89. The van der Waals surface area contributed by atoms with Crippen LogP contribution in [0.15, 0.2) is 59.5 Å². The first-order valence-corrected chi connectivity index (χ1v) is 11.3. The van der Waals surface area contributed by atoms with E-state index in [0.29, 0.717) is 17.7 Å². The summed E-state index contributed by atoms with van der Waals surface area (Å²) in [6.45, 7) is -0.418. The molecule has 0 radical (unpaired) electrons.